The lowest BCUT2D eigenvalue weighted by molar-refractivity contribution is -0.182. The van der Waals surface area contributed by atoms with Gasteiger partial charge >= 0.3 is 6.18 Å². The Kier molecular flexibility index (Phi) is 4.14. The summed E-state index contributed by atoms with van der Waals surface area (Å²) in [6.07, 6.45) is -0.732. The van der Waals surface area contributed by atoms with Gasteiger partial charge in [-0.3, -0.25) is 4.79 Å². The third-order valence-corrected chi connectivity index (χ3v) is 3.68. The molecule has 6 heteroatoms. The normalized spacial score (nSPS) is 29.1. The highest BCUT2D eigenvalue weighted by Gasteiger charge is 2.41. The third kappa shape index (κ3) is 4.15. The van der Waals surface area contributed by atoms with Crippen LogP contribution in [0.3, 0.4) is 0 Å². The van der Waals surface area contributed by atoms with E-state index in [4.69, 9.17) is 0 Å². The van der Waals surface area contributed by atoms with Crippen molar-refractivity contribution in [2.24, 2.45) is 5.92 Å². The Hall–Kier alpha value is -0.780. The van der Waals surface area contributed by atoms with Crippen LogP contribution in [0.25, 0.3) is 0 Å². The number of alkyl halides is 3. The number of carbonyl (C=O) groups is 1. The van der Waals surface area contributed by atoms with Gasteiger partial charge in [-0.15, -0.1) is 0 Å². The Morgan fingerprint density at radius 1 is 1.00 bits per heavy atom. The Balaban J connectivity index is 1.64. The van der Waals surface area contributed by atoms with Gasteiger partial charge in [-0.25, -0.2) is 0 Å². The van der Waals surface area contributed by atoms with E-state index in [2.05, 4.69) is 10.6 Å². The molecule has 18 heavy (non-hydrogen) atoms. The van der Waals surface area contributed by atoms with Crippen molar-refractivity contribution >= 4 is 5.91 Å². The van der Waals surface area contributed by atoms with Crippen LogP contribution in [0.1, 0.15) is 38.5 Å². The molecule has 3 nitrogen and oxygen atoms in total. The molecule has 2 fully saturated rings. The molecule has 0 unspecified atom stereocenters. The predicted molar refractivity (Wildman–Crippen MR) is 61.0 cm³/mol. The van der Waals surface area contributed by atoms with Crippen LogP contribution >= 0.6 is 0 Å². The molecule has 1 amide bonds. The molecule has 0 aliphatic heterocycles. The molecule has 0 aromatic carbocycles. The topological polar surface area (TPSA) is 41.1 Å². The van der Waals surface area contributed by atoms with Crippen LogP contribution in [-0.2, 0) is 4.79 Å². The molecule has 0 bridgehead atoms. The summed E-state index contributed by atoms with van der Waals surface area (Å²) in [5.41, 5.74) is 0. The largest absolute Gasteiger partial charge is 0.391 e. The lowest BCUT2D eigenvalue weighted by Gasteiger charge is -2.30. The number of rotatable bonds is 4. The molecule has 0 radical (unpaired) electrons. The molecule has 2 aliphatic rings. The molecule has 104 valence electrons. The molecule has 0 saturated heterocycles. The number of hydrogen-bond donors (Lipinski definition) is 2. The first-order valence-electron chi connectivity index (χ1n) is 6.54. The minimum absolute atomic E-state index is 0.0860. The summed E-state index contributed by atoms with van der Waals surface area (Å²) >= 11 is 0. The molecule has 0 spiro atoms. The lowest BCUT2D eigenvalue weighted by atomic mass is 9.85. The van der Waals surface area contributed by atoms with E-state index in [1.165, 1.54) is 0 Å². The zero-order valence-corrected chi connectivity index (χ0v) is 10.2. The number of carbonyl (C=O) groups excluding carboxylic acids is 1. The summed E-state index contributed by atoms with van der Waals surface area (Å²) in [7, 11) is 0. The fourth-order valence-corrected chi connectivity index (χ4v) is 2.37. The highest BCUT2D eigenvalue weighted by Crippen LogP contribution is 2.37. The molecular weight excluding hydrogens is 245 g/mol. The maximum atomic E-state index is 12.5. The van der Waals surface area contributed by atoms with Crippen LogP contribution in [0.15, 0.2) is 0 Å². The second-order valence-corrected chi connectivity index (χ2v) is 5.31. The highest BCUT2D eigenvalue weighted by molar-refractivity contribution is 5.78. The number of hydrogen-bond acceptors (Lipinski definition) is 2. The van der Waals surface area contributed by atoms with E-state index < -0.39 is 12.1 Å². The maximum absolute atomic E-state index is 12.5. The third-order valence-electron chi connectivity index (χ3n) is 3.68. The molecule has 2 rings (SSSR count). The van der Waals surface area contributed by atoms with Gasteiger partial charge in [-0.1, -0.05) is 0 Å². The molecule has 2 saturated carbocycles. The molecular formula is C12H19F3N2O. The van der Waals surface area contributed by atoms with Crippen molar-refractivity contribution in [3.8, 4) is 0 Å². The summed E-state index contributed by atoms with van der Waals surface area (Å²) in [6, 6.07) is 0.383. The average molecular weight is 264 g/mol. The second kappa shape index (κ2) is 5.47. The summed E-state index contributed by atoms with van der Waals surface area (Å²) < 4.78 is 37.4. The number of nitrogens with one attached hydrogen (secondary N) is 2. The molecule has 0 atom stereocenters. The average Bonchev–Trinajstić information content (AvgIpc) is 3.09. The Bertz CT molecular complexity index is 294. The number of halogens is 3. The van der Waals surface area contributed by atoms with Crippen molar-refractivity contribution < 1.29 is 18.0 Å². The zero-order chi connectivity index (χ0) is 13.2. The van der Waals surface area contributed by atoms with E-state index >= 15 is 0 Å². The van der Waals surface area contributed by atoms with Crippen LogP contribution in [0, 0.1) is 5.92 Å². The molecule has 2 aliphatic carbocycles. The van der Waals surface area contributed by atoms with Crippen molar-refractivity contribution in [1.29, 1.82) is 0 Å². The van der Waals surface area contributed by atoms with Crippen LogP contribution in [0.2, 0.25) is 0 Å². The second-order valence-electron chi connectivity index (χ2n) is 5.31. The maximum Gasteiger partial charge on any atom is 0.391 e. The Labute approximate surface area is 104 Å². The van der Waals surface area contributed by atoms with Crippen LogP contribution in [0.5, 0.6) is 0 Å². The first-order valence-corrected chi connectivity index (χ1v) is 6.54. The summed E-state index contributed by atoms with van der Waals surface area (Å²) in [5, 5.41) is 5.89. The van der Waals surface area contributed by atoms with Crippen molar-refractivity contribution in [3.63, 3.8) is 0 Å². The van der Waals surface area contributed by atoms with Gasteiger partial charge < -0.3 is 10.6 Å². The van der Waals surface area contributed by atoms with E-state index in [0.29, 0.717) is 18.9 Å². The minimum Gasteiger partial charge on any atom is -0.352 e. The monoisotopic (exact) mass is 264 g/mol. The van der Waals surface area contributed by atoms with Gasteiger partial charge in [0.2, 0.25) is 5.91 Å². The van der Waals surface area contributed by atoms with Crippen LogP contribution in [0.4, 0.5) is 13.2 Å². The van der Waals surface area contributed by atoms with Crippen molar-refractivity contribution in [1.82, 2.24) is 10.6 Å². The van der Waals surface area contributed by atoms with Crippen molar-refractivity contribution in [3.05, 3.63) is 0 Å². The molecule has 0 aromatic heterocycles. The van der Waals surface area contributed by atoms with Gasteiger partial charge in [-0.2, -0.15) is 13.2 Å². The Morgan fingerprint density at radius 3 is 2.06 bits per heavy atom. The molecule has 0 aromatic rings. The van der Waals surface area contributed by atoms with Gasteiger partial charge in [0.25, 0.3) is 0 Å². The Morgan fingerprint density at radius 2 is 1.56 bits per heavy atom. The molecule has 2 N–H and O–H groups in total. The fourth-order valence-electron chi connectivity index (χ4n) is 2.37. The first-order chi connectivity index (χ1) is 8.45. The van der Waals surface area contributed by atoms with E-state index in [1.54, 1.807) is 0 Å². The van der Waals surface area contributed by atoms with Crippen LogP contribution < -0.4 is 10.6 Å². The summed E-state index contributed by atoms with van der Waals surface area (Å²) in [4.78, 5) is 11.5. The van der Waals surface area contributed by atoms with E-state index in [0.717, 1.165) is 12.8 Å². The van der Waals surface area contributed by atoms with E-state index in [9.17, 15) is 18.0 Å². The summed E-state index contributed by atoms with van der Waals surface area (Å²) in [5.74, 6) is -1.28. The molecule has 0 heterocycles. The highest BCUT2D eigenvalue weighted by atomic mass is 19.4. The van der Waals surface area contributed by atoms with Crippen LogP contribution in [-0.4, -0.2) is 30.7 Å². The first kappa shape index (κ1) is 13.6. The number of amides is 1. The minimum atomic E-state index is -4.08. The van der Waals surface area contributed by atoms with Crippen molar-refractivity contribution in [2.45, 2.75) is 56.8 Å². The zero-order valence-electron chi connectivity index (χ0n) is 10.2. The van der Waals surface area contributed by atoms with Gasteiger partial charge in [-0.05, 0) is 38.5 Å². The predicted octanol–water partition coefficient (Wildman–Crippen LogP) is 1.98. The summed E-state index contributed by atoms with van der Waals surface area (Å²) in [6.45, 7) is 0.282. The van der Waals surface area contributed by atoms with E-state index in [1.807, 2.05) is 0 Å². The standard InChI is InChI=1S/C12H19F3N2O/c13-12(14,15)8-1-3-10(4-2-8)17-11(18)7-16-9-5-6-9/h8-10,16H,1-7H2,(H,17,18). The van der Waals surface area contributed by atoms with Crippen molar-refractivity contribution in [2.75, 3.05) is 6.54 Å². The lowest BCUT2D eigenvalue weighted by Crippen LogP contribution is -2.43. The van der Waals surface area contributed by atoms with Gasteiger partial charge in [0.05, 0.1) is 12.5 Å². The fraction of sp³-hybridized carbons (Fsp3) is 0.917. The van der Waals surface area contributed by atoms with Gasteiger partial charge in [0.15, 0.2) is 0 Å². The quantitative estimate of drug-likeness (QED) is 0.815. The SMILES string of the molecule is O=C(CNC1CC1)NC1CCC(C(F)(F)F)CC1. The smallest absolute Gasteiger partial charge is 0.352 e. The van der Waals surface area contributed by atoms with E-state index in [-0.39, 0.29) is 31.3 Å². The van der Waals surface area contributed by atoms with Gasteiger partial charge in [0, 0.05) is 12.1 Å². The van der Waals surface area contributed by atoms with Gasteiger partial charge in [0.1, 0.15) is 0 Å².